The van der Waals surface area contributed by atoms with E-state index in [9.17, 15) is 9.90 Å². The van der Waals surface area contributed by atoms with Gasteiger partial charge in [0.05, 0.1) is 6.61 Å². The molecule has 1 aliphatic heterocycles. The summed E-state index contributed by atoms with van der Waals surface area (Å²) >= 11 is 0. The Morgan fingerprint density at radius 3 is 2.62 bits per heavy atom. The van der Waals surface area contributed by atoms with Gasteiger partial charge in [-0.1, -0.05) is 0 Å². The predicted octanol–water partition coefficient (Wildman–Crippen LogP) is 1.11. The van der Waals surface area contributed by atoms with Gasteiger partial charge in [-0.2, -0.15) is 0 Å². The molecule has 0 aliphatic carbocycles. The number of amides is 1. The SMILES string of the molecule is Cc1cc(N)cc(C(=O)N(CCO)C2CCN(C)CC2)c1. The molecule has 1 amide bonds. The number of rotatable bonds is 4. The highest BCUT2D eigenvalue weighted by Crippen LogP contribution is 2.20. The number of hydrogen-bond acceptors (Lipinski definition) is 4. The van der Waals surface area contributed by atoms with Crippen molar-refractivity contribution in [1.82, 2.24) is 9.80 Å². The van der Waals surface area contributed by atoms with Gasteiger partial charge in [-0.25, -0.2) is 0 Å². The van der Waals surface area contributed by atoms with Crippen molar-refractivity contribution in [3.05, 3.63) is 29.3 Å². The van der Waals surface area contributed by atoms with Gasteiger partial charge in [0.15, 0.2) is 0 Å². The van der Waals surface area contributed by atoms with E-state index >= 15 is 0 Å². The molecular weight excluding hydrogens is 266 g/mol. The molecule has 5 nitrogen and oxygen atoms in total. The Morgan fingerprint density at radius 2 is 2.05 bits per heavy atom. The number of likely N-dealkylation sites (tertiary alicyclic amines) is 1. The van der Waals surface area contributed by atoms with Crippen molar-refractivity contribution in [1.29, 1.82) is 0 Å². The van der Waals surface area contributed by atoms with E-state index < -0.39 is 0 Å². The lowest BCUT2D eigenvalue weighted by molar-refractivity contribution is 0.0540. The van der Waals surface area contributed by atoms with Crippen LogP contribution < -0.4 is 5.73 Å². The highest BCUT2D eigenvalue weighted by atomic mass is 16.3. The van der Waals surface area contributed by atoms with Crippen molar-refractivity contribution in [3.63, 3.8) is 0 Å². The minimum Gasteiger partial charge on any atom is -0.399 e. The maximum absolute atomic E-state index is 12.8. The van der Waals surface area contributed by atoms with E-state index in [0.717, 1.165) is 31.5 Å². The zero-order chi connectivity index (χ0) is 15.4. The first kappa shape index (κ1) is 15.8. The summed E-state index contributed by atoms with van der Waals surface area (Å²) < 4.78 is 0. The first-order valence-corrected chi connectivity index (χ1v) is 7.49. The van der Waals surface area contributed by atoms with Gasteiger partial charge in [0, 0.05) is 23.8 Å². The van der Waals surface area contributed by atoms with E-state index in [0.29, 0.717) is 17.8 Å². The fourth-order valence-corrected chi connectivity index (χ4v) is 2.97. The second-order valence-electron chi connectivity index (χ2n) is 5.89. The van der Waals surface area contributed by atoms with E-state index in [1.165, 1.54) is 0 Å². The molecule has 1 aromatic rings. The van der Waals surface area contributed by atoms with Crippen LogP contribution in [0.25, 0.3) is 0 Å². The van der Waals surface area contributed by atoms with Crippen LogP contribution in [0.5, 0.6) is 0 Å². The number of nitrogen functional groups attached to an aromatic ring is 1. The van der Waals surface area contributed by atoms with E-state index in [-0.39, 0.29) is 18.6 Å². The average molecular weight is 291 g/mol. The van der Waals surface area contributed by atoms with Crippen LogP contribution in [0.1, 0.15) is 28.8 Å². The van der Waals surface area contributed by atoms with Crippen LogP contribution in [-0.4, -0.2) is 60.1 Å². The Morgan fingerprint density at radius 1 is 1.38 bits per heavy atom. The quantitative estimate of drug-likeness (QED) is 0.815. The Balaban J connectivity index is 2.18. The minimum absolute atomic E-state index is 0.0145. The Hall–Kier alpha value is -1.59. The van der Waals surface area contributed by atoms with Crippen molar-refractivity contribution in [2.75, 3.05) is 39.0 Å². The van der Waals surface area contributed by atoms with Gasteiger partial charge >= 0.3 is 0 Å². The van der Waals surface area contributed by atoms with E-state index in [2.05, 4.69) is 11.9 Å². The summed E-state index contributed by atoms with van der Waals surface area (Å²) in [5, 5.41) is 9.30. The number of carbonyl (C=O) groups excluding carboxylic acids is 1. The maximum Gasteiger partial charge on any atom is 0.254 e. The van der Waals surface area contributed by atoms with Crippen LogP contribution in [0.3, 0.4) is 0 Å². The number of nitrogens with two attached hydrogens (primary N) is 1. The summed E-state index contributed by atoms with van der Waals surface area (Å²) in [6.45, 7) is 4.26. The van der Waals surface area contributed by atoms with Crippen LogP contribution in [0.4, 0.5) is 5.69 Å². The van der Waals surface area contributed by atoms with Crippen LogP contribution >= 0.6 is 0 Å². The second kappa shape index (κ2) is 6.91. The zero-order valence-corrected chi connectivity index (χ0v) is 12.9. The molecule has 5 heteroatoms. The molecule has 0 radical (unpaired) electrons. The normalized spacial score (nSPS) is 16.9. The smallest absolute Gasteiger partial charge is 0.254 e. The van der Waals surface area contributed by atoms with Gasteiger partial charge in [0.1, 0.15) is 0 Å². The molecule has 1 aromatic carbocycles. The minimum atomic E-state index is -0.0333. The fourth-order valence-electron chi connectivity index (χ4n) is 2.97. The number of carbonyl (C=O) groups is 1. The molecule has 1 fully saturated rings. The molecule has 1 saturated heterocycles. The molecule has 0 unspecified atom stereocenters. The largest absolute Gasteiger partial charge is 0.399 e. The van der Waals surface area contributed by atoms with E-state index in [1.807, 2.05) is 19.1 Å². The summed E-state index contributed by atoms with van der Waals surface area (Å²) in [6, 6.07) is 5.62. The van der Waals surface area contributed by atoms with E-state index in [1.54, 1.807) is 11.0 Å². The summed E-state index contributed by atoms with van der Waals surface area (Å²) in [4.78, 5) is 16.8. The molecule has 0 spiro atoms. The van der Waals surface area contributed by atoms with E-state index in [4.69, 9.17) is 5.73 Å². The first-order chi connectivity index (χ1) is 10.0. The monoisotopic (exact) mass is 291 g/mol. The van der Waals surface area contributed by atoms with Crippen molar-refractivity contribution in [2.24, 2.45) is 0 Å². The number of hydrogen-bond donors (Lipinski definition) is 2. The predicted molar refractivity (Wildman–Crippen MR) is 84.2 cm³/mol. The highest BCUT2D eigenvalue weighted by Gasteiger charge is 2.27. The zero-order valence-electron chi connectivity index (χ0n) is 12.9. The van der Waals surface area contributed by atoms with Crippen LogP contribution in [-0.2, 0) is 0 Å². The van der Waals surface area contributed by atoms with Gasteiger partial charge in [-0.3, -0.25) is 4.79 Å². The van der Waals surface area contributed by atoms with Crippen LogP contribution in [0.2, 0.25) is 0 Å². The van der Waals surface area contributed by atoms with Gasteiger partial charge in [-0.05, 0) is 63.7 Å². The van der Waals surface area contributed by atoms with Crippen molar-refractivity contribution < 1.29 is 9.90 Å². The molecule has 21 heavy (non-hydrogen) atoms. The number of piperidine rings is 1. The lowest BCUT2D eigenvalue weighted by Crippen LogP contribution is -2.47. The third kappa shape index (κ3) is 3.95. The van der Waals surface area contributed by atoms with Crippen molar-refractivity contribution >= 4 is 11.6 Å². The molecular formula is C16H25N3O2. The highest BCUT2D eigenvalue weighted by molar-refractivity contribution is 5.95. The van der Waals surface area contributed by atoms with Gasteiger partial charge in [0.2, 0.25) is 0 Å². The second-order valence-corrected chi connectivity index (χ2v) is 5.89. The summed E-state index contributed by atoms with van der Waals surface area (Å²) in [7, 11) is 2.09. The Bertz CT molecular complexity index is 476. The topological polar surface area (TPSA) is 69.8 Å². The molecule has 0 aromatic heterocycles. The number of benzene rings is 1. The average Bonchev–Trinajstić information content (AvgIpc) is 2.44. The molecule has 0 atom stereocenters. The molecule has 0 saturated carbocycles. The third-order valence-corrected chi connectivity index (χ3v) is 4.08. The molecule has 116 valence electrons. The number of aliphatic hydroxyl groups is 1. The third-order valence-electron chi connectivity index (χ3n) is 4.08. The molecule has 1 aliphatic rings. The number of aliphatic hydroxyl groups excluding tert-OH is 1. The molecule has 3 N–H and O–H groups in total. The van der Waals surface area contributed by atoms with Crippen molar-refractivity contribution in [3.8, 4) is 0 Å². The van der Waals surface area contributed by atoms with Crippen LogP contribution in [0.15, 0.2) is 18.2 Å². The first-order valence-electron chi connectivity index (χ1n) is 7.49. The summed E-state index contributed by atoms with van der Waals surface area (Å²) in [5.41, 5.74) is 8.03. The van der Waals surface area contributed by atoms with Gasteiger partial charge in [0.25, 0.3) is 5.91 Å². The molecule has 0 bridgehead atoms. The lowest BCUT2D eigenvalue weighted by Gasteiger charge is -2.37. The summed E-state index contributed by atoms with van der Waals surface area (Å²) in [6.07, 6.45) is 1.90. The maximum atomic E-state index is 12.8. The lowest BCUT2D eigenvalue weighted by atomic mass is 10.0. The number of aryl methyl sites for hydroxylation is 1. The van der Waals surface area contributed by atoms with Gasteiger partial charge < -0.3 is 20.6 Å². The Labute approximate surface area is 126 Å². The Kier molecular flexibility index (Phi) is 5.20. The summed E-state index contributed by atoms with van der Waals surface area (Å²) in [5.74, 6) is -0.0333. The number of anilines is 1. The molecule has 1 heterocycles. The van der Waals surface area contributed by atoms with Crippen LogP contribution in [0, 0.1) is 6.92 Å². The fraction of sp³-hybridized carbons (Fsp3) is 0.562. The van der Waals surface area contributed by atoms with Crippen molar-refractivity contribution in [2.45, 2.75) is 25.8 Å². The number of nitrogens with zero attached hydrogens (tertiary/aromatic N) is 2. The standard InChI is InChI=1S/C16H25N3O2/c1-12-9-13(11-14(17)10-12)16(21)19(7-8-20)15-3-5-18(2)6-4-15/h9-11,15,20H,3-8,17H2,1-2H3. The molecule has 2 rings (SSSR count). The van der Waals surface area contributed by atoms with Gasteiger partial charge in [-0.15, -0.1) is 0 Å².